The normalized spacial score (nSPS) is 13.0. The lowest BCUT2D eigenvalue weighted by Gasteiger charge is -2.20. The number of carbonyl (C=O) groups is 2. The number of hydrogen-bond acceptors (Lipinski definition) is 5. The Bertz CT molecular complexity index is 1050. The van der Waals surface area contributed by atoms with Crippen molar-refractivity contribution in [3.05, 3.63) is 48.6 Å². The molecule has 0 saturated carbocycles. The van der Waals surface area contributed by atoms with Crippen LogP contribution in [0.25, 0.3) is 0 Å². The topological polar surface area (TPSA) is 95.9 Å². The molecule has 362 valence electrons. The predicted molar refractivity (Wildman–Crippen MR) is 269 cm³/mol. The number of esters is 1. The van der Waals surface area contributed by atoms with E-state index < -0.39 is 12.1 Å². The minimum Gasteiger partial charge on any atom is -0.466 e. The average Bonchev–Trinajstić information content (AvgIpc) is 3.27. The highest BCUT2D eigenvalue weighted by Crippen LogP contribution is 2.15. The zero-order valence-electron chi connectivity index (χ0n) is 41.1. The molecule has 0 aromatic heterocycles. The minimum absolute atomic E-state index is 0.0125. The van der Waals surface area contributed by atoms with Gasteiger partial charge in [0, 0.05) is 12.8 Å². The highest BCUT2D eigenvalue weighted by Gasteiger charge is 2.18. The fraction of sp³-hybridized carbons (Fsp3) is 0.821. The van der Waals surface area contributed by atoms with Crippen LogP contribution in [-0.4, -0.2) is 47.4 Å². The Labute approximate surface area is 385 Å². The molecule has 0 saturated heterocycles. The Kier molecular flexibility index (Phi) is 49.6. The number of aliphatic hydroxyl groups is 2. The van der Waals surface area contributed by atoms with Crippen molar-refractivity contribution in [1.29, 1.82) is 0 Å². The van der Waals surface area contributed by atoms with E-state index in [4.69, 9.17) is 4.74 Å². The maximum absolute atomic E-state index is 12.4. The fourth-order valence-corrected chi connectivity index (χ4v) is 7.89. The Hall–Kier alpha value is -2.18. The average molecular weight is 870 g/mol. The van der Waals surface area contributed by atoms with Crippen LogP contribution in [0.1, 0.15) is 271 Å². The summed E-state index contributed by atoms with van der Waals surface area (Å²) in [5.41, 5.74) is 0. The molecule has 0 heterocycles. The molecule has 0 fully saturated rings. The van der Waals surface area contributed by atoms with Gasteiger partial charge in [0.25, 0.3) is 0 Å². The van der Waals surface area contributed by atoms with Gasteiger partial charge < -0.3 is 20.3 Å². The van der Waals surface area contributed by atoms with Gasteiger partial charge in [-0.05, 0) is 89.9 Å². The van der Waals surface area contributed by atoms with Gasteiger partial charge in [0.1, 0.15) is 0 Å². The van der Waals surface area contributed by atoms with Gasteiger partial charge in [-0.3, -0.25) is 9.59 Å². The van der Waals surface area contributed by atoms with E-state index in [9.17, 15) is 19.8 Å². The number of allylic oxidation sites excluding steroid dienone is 7. The molecule has 1 amide bonds. The Balaban J connectivity index is 3.49. The summed E-state index contributed by atoms with van der Waals surface area (Å²) in [6, 6.07) is -0.640. The zero-order chi connectivity index (χ0) is 45.1. The van der Waals surface area contributed by atoms with E-state index in [-0.39, 0.29) is 18.5 Å². The third-order valence-electron chi connectivity index (χ3n) is 12.1. The largest absolute Gasteiger partial charge is 0.466 e. The van der Waals surface area contributed by atoms with Gasteiger partial charge in [0.15, 0.2) is 0 Å². The molecule has 0 aromatic rings. The Morgan fingerprint density at radius 1 is 0.452 bits per heavy atom. The summed E-state index contributed by atoms with van der Waals surface area (Å²) < 4.78 is 5.47. The maximum Gasteiger partial charge on any atom is 0.305 e. The van der Waals surface area contributed by atoms with E-state index in [1.165, 1.54) is 173 Å². The number of nitrogens with one attached hydrogen (secondary N) is 1. The molecule has 0 radical (unpaired) electrons. The van der Waals surface area contributed by atoms with Crippen molar-refractivity contribution >= 4 is 11.9 Å². The molecule has 0 aromatic carbocycles. The van der Waals surface area contributed by atoms with E-state index in [0.29, 0.717) is 19.4 Å². The number of rotatable bonds is 49. The number of unbranched alkanes of at least 4 members (excludes halogenated alkanes) is 32. The molecule has 62 heavy (non-hydrogen) atoms. The van der Waals surface area contributed by atoms with Crippen LogP contribution in [0, 0.1) is 0 Å². The second-order valence-corrected chi connectivity index (χ2v) is 18.2. The fourth-order valence-electron chi connectivity index (χ4n) is 7.89. The van der Waals surface area contributed by atoms with Crippen LogP contribution >= 0.6 is 0 Å². The number of hydrogen-bond donors (Lipinski definition) is 3. The number of aliphatic hydroxyl groups excluding tert-OH is 2. The summed E-state index contributed by atoms with van der Waals surface area (Å²) in [6.45, 7) is 4.83. The van der Waals surface area contributed by atoms with Gasteiger partial charge in [0.2, 0.25) is 5.91 Å². The Morgan fingerprint density at radius 3 is 1.27 bits per heavy atom. The minimum atomic E-state index is -0.855. The summed E-state index contributed by atoms with van der Waals surface area (Å²) in [6.07, 6.45) is 64.0. The van der Waals surface area contributed by atoms with Gasteiger partial charge in [-0.1, -0.05) is 217 Å². The molecule has 0 aliphatic carbocycles. The summed E-state index contributed by atoms with van der Waals surface area (Å²) in [7, 11) is 0. The molecule has 0 aliphatic rings. The van der Waals surface area contributed by atoms with Gasteiger partial charge in [-0.2, -0.15) is 0 Å². The number of amides is 1. The highest BCUT2D eigenvalue weighted by molar-refractivity contribution is 5.76. The molecule has 0 spiro atoms. The van der Waals surface area contributed by atoms with Crippen LogP contribution in [-0.2, 0) is 14.3 Å². The van der Waals surface area contributed by atoms with Crippen LogP contribution < -0.4 is 5.32 Å². The van der Waals surface area contributed by atoms with E-state index in [0.717, 1.165) is 70.6 Å². The molecule has 0 aliphatic heterocycles. The first-order valence-corrected chi connectivity index (χ1v) is 26.9. The lowest BCUT2D eigenvalue weighted by atomic mass is 10.1. The lowest BCUT2D eigenvalue weighted by Crippen LogP contribution is -2.45. The van der Waals surface area contributed by atoms with Crippen LogP contribution in [0.2, 0.25) is 0 Å². The molecule has 0 rings (SSSR count). The summed E-state index contributed by atoms with van der Waals surface area (Å²) in [4.78, 5) is 24.5. The molecule has 6 nitrogen and oxygen atoms in total. The summed E-state index contributed by atoms with van der Waals surface area (Å²) in [5, 5.41) is 23.0. The van der Waals surface area contributed by atoms with Crippen molar-refractivity contribution in [3.8, 4) is 0 Å². The smallest absolute Gasteiger partial charge is 0.305 e. The first-order chi connectivity index (χ1) is 30.5. The molecule has 2 atom stereocenters. The SMILES string of the molecule is CCCCC/C=C\C/C=C\CCCCCCCCCC(=O)OCCCCCCCCC/C=C\CCCCCCCC(=O)NC(CO)C(O)/C=C/CCCCCCCCCCCC. The number of carbonyl (C=O) groups excluding carboxylic acids is 2. The lowest BCUT2D eigenvalue weighted by molar-refractivity contribution is -0.143. The Morgan fingerprint density at radius 2 is 0.806 bits per heavy atom. The van der Waals surface area contributed by atoms with E-state index in [2.05, 4.69) is 55.6 Å². The molecule has 2 unspecified atom stereocenters. The van der Waals surface area contributed by atoms with E-state index in [1.807, 2.05) is 6.08 Å². The molecular formula is C56H103NO5. The second-order valence-electron chi connectivity index (χ2n) is 18.2. The molecule has 3 N–H and O–H groups in total. The first kappa shape index (κ1) is 59.8. The van der Waals surface area contributed by atoms with Crippen molar-refractivity contribution in [3.63, 3.8) is 0 Å². The molecule has 0 bridgehead atoms. The van der Waals surface area contributed by atoms with Crippen LogP contribution in [0.4, 0.5) is 0 Å². The summed E-state index contributed by atoms with van der Waals surface area (Å²) >= 11 is 0. The number of ether oxygens (including phenoxy) is 1. The van der Waals surface area contributed by atoms with Gasteiger partial charge in [-0.25, -0.2) is 0 Å². The highest BCUT2D eigenvalue weighted by atomic mass is 16.5. The standard InChI is InChI=1S/C56H103NO5/c1-3-5-7-9-11-13-15-17-18-19-23-26-30-34-38-42-46-50-56(61)62-51-47-43-39-35-31-27-24-21-20-22-25-29-33-37-41-45-49-55(60)57-53(52-58)54(59)48-44-40-36-32-28-16-14-12-10-8-6-4-2/h11,13,17-18,20,22,44,48,53-54,58-59H,3-10,12,14-16,19,21,23-43,45-47,49-52H2,1-2H3,(H,57,60)/b13-11-,18-17-,22-20-,48-44+. The predicted octanol–water partition coefficient (Wildman–Crippen LogP) is 16.2. The van der Waals surface area contributed by atoms with Crippen molar-refractivity contribution < 1.29 is 24.5 Å². The third kappa shape index (κ3) is 47.3. The molecule has 6 heteroatoms. The van der Waals surface area contributed by atoms with Crippen LogP contribution in [0.5, 0.6) is 0 Å². The van der Waals surface area contributed by atoms with E-state index in [1.54, 1.807) is 6.08 Å². The van der Waals surface area contributed by atoms with Crippen molar-refractivity contribution in [2.45, 2.75) is 283 Å². The monoisotopic (exact) mass is 870 g/mol. The van der Waals surface area contributed by atoms with Crippen molar-refractivity contribution in [2.75, 3.05) is 13.2 Å². The van der Waals surface area contributed by atoms with Gasteiger partial charge >= 0.3 is 5.97 Å². The first-order valence-electron chi connectivity index (χ1n) is 26.9. The van der Waals surface area contributed by atoms with Crippen molar-refractivity contribution in [2.24, 2.45) is 0 Å². The molecular weight excluding hydrogens is 767 g/mol. The zero-order valence-corrected chi connectivity index (χ0v) is 41.1. The second kappa shape index (κ2) is 51.5. The van der Waals surface area contributed by atoms with E-state index >= 15 is 0 Å². The quantitative estimate of drug-likeness (QED) is 0.0322. The third-order valence-corrected chi connectivity index (χ3v) is 12.1. The van der Waals surface area contributed by atoms with Gasteiger partial charge in [-0.15, -0.1) is 0 Å². The van der Waals surface area contributed by atoms with Gasteiger partial charge in [0.05, 0.1) is 25.4 Å². The van der Waals surface area contributed by atoms with Crippen LogP contribution in [0.15, 0.2) is 48.6 Å². The maximum atomic E-state index is 12.4. The summed E-state index contributed by atoms with van der Waals surface area (Å²) in [5.74, 6) is -0.0998. The van der Waals surface area contributed by atoms with Crippen molar-refractivity contribution in [1.82, 2.24) is 5.32 Å². The van der Waals surface area contributed by atoms with Crippen LogP contribution in [0.3, 0.4) is 0 Å².